The number of rotatable bonds is 4. The molecule has 2 N–H and O–H groups in total. The zero-order chi connectivity index (χ0) is 15.4. The van der Waals surface area contributed by atoms with Gasteiger partial charge in [0.2, 0.25) is 0 Å². The number of nitrogens with zero attached hydrogens (tertiary/aromatic N) is 1. The van der Waals surface area contributed by atoms with Crippen molar-refractivity contribution in [2.75, 3.05) is 18.4 Å². The van der Waals surface area contributed by atoms with E-state index in [4.69, 9.17) is 5.26 Å². The Balaban J connectivity index is 1.65. The number of carbonyl (C=O) groups is 1. The normalized spacial score (nSPS) is 20.5. The van der Waals surface area contributed by atoms with Crippen LogP contribution < -0.4 is 10.2 Å². The van der Waals surface area contributed by atoms with Gasteiger partial charge in [0.15, 0.2) is 6.54 Å². The maximum atomic E-state index is 12.3. The maximum absolute atomic E-state index is 12.3. The molecule has 1 fully saturated rings. The molecule has 1 aromatic heterocycles. The smallest absolute Gasteiger partial charge is 0.279 e. The highest BCUT2D eigenvalue weighted by molar-refractivity contribution is 7.10. The largest absolute Gasteiger partial charge is 0.320 e. The molecular formula is C17H18N3OS+. The van der Waals surface area contributed by atoms with Gasteiger partial charge in [0.25, 0.3) is 5.91 Å². The van der Waals surface area contributed by atoms with E-state index in [1.54, 1.807) is 29.5 Å². The Kier molecular flexibility index (Phi) is 4.52. The van der Waals surface area contributed by atoms with Crippen LogP contribution in [0.2, 0.25) is 0 Å². The van der Waals surface area contributed by atoms with Crippen molar-refractivity contribution in [3.63, 3.8) is 0 Å². The highest BCUT2D eigenvalue weighted by atomic mass is 32.1. The van der Waals surface area contributed by atoms with E-state index >= 15 is 0 Å². The fraction of sp³-hybridized carbons (Fsp3) is 0.294. The van der Waals surface area contributed by atoms with Gasteiger partial charge in [-0.25, -0.2) is 0 Å². The lowest BCUT2D eigenvalue weighted by molar-refractivity contribution is -0.910. The Morgan fingerprint density at radius 1 is 1.36 bits per heavy atom. The second-order valence-electron chi connectivity index (χ2n) is 5.50. The van der Waals surface area contributed by atoms with Crippen molar-refractivity contribution >= 4 is 22.9 Å². The lowest BCUT2D eigenvalue weighted by Crippen LogP contribution is -3.11. The van der Waals surface area contributed by atoms with Crippen molar-refractivity contribution in [2.24, 2.45) is 0 Å². The van der Waals surface area contributed by atoms with Crippen molar-refractivity contribution in [2.45, 2.75) is 18.9 Å². The molecule has 0 radical (unpaired) electrons. The summed E-state index contributed by atoms with van der Waals surface area (Å²) in [5, 5.41) is 14.0. The molecule has 4 nitrogen and oxygen atoms in total. The van der Waals surface area contributed by atoms with Gasteiger partial charge in [0.1, 0.15) is 12.1 Å². The van der Waals surface area contributed by atoms with E-state index in [1.165, 1.54) is 9.78 Å². The number of quaternary nitrogens is 1. The molecule has 1 amide bonds. The molecule has 3 rings (SSSR count). The molecule has 1 aliphatic rings. The summed E-state index contributed by atoms with van der Waals surface area (Å²) in [6.45, 7) is 1.47. The quantitative estimate of drug-likeness (QED) is 0.907. The Morgan fingerprint density at radius 3 is 3.00 bits per heavy atom. The molecule has 0 aliphatic carbocycles. The van der Waals surface area contributed by atoms with Gasteiger partial charge in [-0.1, -0.05) is 18.2 Å². The van der Waals surface area contributed by atoms with E-state index in [0.717, 1.165) is 19.4 Å². The highest BCUT2D eigenvalue weighted by Gasteiger charge is 2.32. The molecule has 1 aliphatic heterocycles. The van der Waals surface area contributed by atoms with Gasteiger partial charge in [-0.3, -0.25) is 4.79 Å². The van der Waals surface area contributed by atoms with Gasteiger partial charge in [0, 0.05) is 12.8 Å². The Hall–Kier alpha value is -2.16. The lowest BCUT2D eigenvalue weighted by Gasteiger charge is -2.20. The lowest BCUT2D eigenvalue weighted by atomic mass is 10.2. The van der Waals surface area contributed by atoms with Crippen LogP contribution in [0, 0.1) is 11.3 Å². The Morgan fingerprint density at radius 2 is 2.23 bits per heavy atom. The third kappa shape index (κ3) is 3.19. The first-order chi connectivity index (χ1) is 10.8. The molecule has 1 saturated heterocycles. The predicted molar refractivity (Wildman–Crippen MR) is 86.8 cm³/mol. The van der Waals surface area contributed by atoms with E-state index in [9.17, 15) is 4.79 Å². The standard InChI is InChI=1S/C17H17N3OS/c18-11-13-5-1-2-6-14(13)19-17(21)12-20-9-3-7-15(20)16-8-4-10-22-16/h1-2,4-6,8,10,15H,3,7,9,12H2,(H,19,21)/p+1/t15-/m1/s1. The molecule has 0 saturated carbocycles. The van der Waals surface area contributed by atoms with E-state index in [0.29, 0.717) is 23.8 Å². The molecule has 0 spiro atoms. The summed E-state index contributed by atoms with van der Waals surface area (Å²) in [5.41, 5.74) is 1.10. The van der Waals surface area contributed by atoms with Crippen LogP contribution >= 0.6 is 11.3 Å². The van der Waals surface area contributed by atoms with Crippen molar-refractivity contribution in [3.8, 4) is 6.07 Å². The van der Waals surface area contributed by atoms with E-state index < -0.39 is 0 Å². The number of thiophene rings is 1. The number of hydrogen-bond acceptors (Lipinski definition) is 3. The average molecular weight is 312 g/mol. The van der Waals surface area contributed by atoms with Crippen LogP contribution in [0.3, 0.4) is 0 Å². The first-order valence-electron chi connectivity index (χ1n) is 7.45. The summed E-state index contributed by atoms with van der Waals surface area (Å²) in [7, 11) is 0. The highest BCUT2D eigenvalue weighted by Crippen LogP contribution is 2.23. The third-order valence-electron chi connectivity index (χ3n) is 4.08. The number of hydrogen-bond donors (Lipinski definition) is 2. The summed E-state index contributed by atoms with van der Waals surface area (Å²) in [4.78, 5) is 15.0. The number of nitriles is 1. The maximum Gasteiger partial charge on any atom is 0.279 e. The third-order valence-corrected chi connectivity index (χ3v) is 5.07. The molecule has 22 heavy (non-hydrogen) atoms. The number of para-hydroxylation sites is 1. The van der Waals surface area contributed by atoms with Gasteiger partial charge in [-0.05, 0) is 23.6 Å². The van der Waals surface area contributed by atoms with Gasteiger partial charge >= 0.3 is 0 Å². The molecule has 2 atom stereocenters. The van der Waals surface area contributed by atoms with Crippen LogP contribution in [-0.2, 0) is 4.79 Å². The van der Waals surface area contributed by atoms with Crippen LogP contribution in [0.5, 0.6) is 0 Å². The molecule has 0 bridgehead atoms. The topological polar surface area (TPSA) is 57.3 Å². The van der Waals surface area contributed by atoms with Crippen molar-refractivity contribution < 1.29 is 9.69 Å². The first-order valence-corrected chi connectivity index (χ1v) is 8.33. The summed E-state index contributed by atoms with van der Waals surface area (Å²) in [5.74, 6) is -0.0267. The number of amides is 1. The minimum Gasteiger partial charge on any atom is -0.320 e. The first kappa shape index (κ1) is 14.8. The number of carbonyl (C=O) groups excluding carboxylic acids is 1. The average Bonchev–Trinajstić information content (AvgIpc) is 3.18. The Bertz CT molecular complexity index is 690. The summed E-state index contributed by atoms with van der Waals surface area (Å²) < 4.78 is 0. The van der Waals surface area contributed by atoms with Gasteiger partial charge in [-0.15, -0.1) is 11.3 Å². The number of likely N-dealkylation sites (tertiary alicyclic amines) is 1. The monoisotopic (exact) mass is 312 g/mol. The number of anilines is 1. The van der Waals surface area contributed by atoms with Crippen LogP contribution in [0.15, 0.2) is 41.8 Å². The fourth-order valence-electron chi connectivity index (χ4n) is 3.05. The van der Waals surface area contributed by atoms with Crippen molar-refractivity contribution in [3.05, 3.63) is 52.2 Å². The van der Waals surface area contributed by atoms with Crippen molar-refractivity contribution in [1.82, 2.24) is 0 Å². The summed E-state index contributed by atoms with van der Waals surface area (Å²) in [6.07, 6.45) is 2.29. The van der Waals surface area contributed by atoms with Crippen LogP contribution in [0.1, 0.15) is 29.3 Å². The minimum atomic E-state index is -0.0267. The molecule has 2 heterocycles. The molecule has 1 unspecified atom stereocenters. The molecular weight excluding hydrogens is 294 g/mol. The zero-order valence-electron chi connectivity index (χ0n) is 12.2. The second-order valence-corrected chi connectivity index (χ2v) is 6.48. The van der Waals surface area contributed by atoms with Gasteiger partial charge in [-0.2, -0.15) is 5.26 Å². The molecule has 5 heteroatoms. The summed E-state index contributed by atoms with van der Waals surface area (Å²) in [6, 6.07) is 13.9. The van der Waals surface area contributed by atoms with Gasteiger partial charge in [0.05, 0.1) is 22.7 Å². The number of benzene rings is 1. The van der Waals surface area contributed by atoms with Crippen LogP contribution in [0.25, 0.3) is 0 Å². The Labute approximate surface area is 134 Å². The van der Waals surface area contributed by atoms with Crippen LogP contribution in [0.4, 0.5) is 5.69 Å². The zero-order valence-corrected chi connectivity index (χ0v) is 13.0. The SMILES string of the molecule is N#Cc1ccccc1NC(=O)C[NH+]1CCC[C@@H]1c1cccs1. The van der Waals surface area contributed by atoms with E-state index in [-0.39, 0.29) is 5.91 Å². The van der Waals surface area contributed by atoms with E-state index in [2.05, 4.69) is 28.9 Å². The predicted octanol–water partition coefficient (Wildman–Crippen LogP) is 1.98. The minimum absolute atomic E-state index is 0.0267. The molecule has 1 aromatic carbocycles. The summed E-state index contributed by atoms with van der Waals surface area (Å²) >= 11 is 1.77. The van der Waals surface area contributed by atoms with Gasteiger partial charge < -0.3 is 10.2 Å². The number of nitrogens with one attached hydrogen (secondary N) is 2. The fourth-order valence-corrected chi connectivity index (χ4v) is 3.97. The van der Waals surface area contributed by atoms with Crippen molar-refractivity contribution in [1.29, 1.82) is 5.26 Å². The van der Waals surface area contributed by atoms with E-state index in [1.807, 2.05) is 6.07 Å². The molecule has 112 valence electrons. The van der Waals surface area contributed by atoms with Crippen LogP contribution in [-0.4, -0.2) is 19.0 Å². The second kappa shape index (κ2) is 6.73. The molecule has 2 aromatic rings.